The van der Waals surface area contributed by atoms with Crippen LogP contribution in [0.1, 0.15) is 43.3 Å². The highest BCUT2D eigenvalue weighted by molar-refractivity contribution is 14.0. The second kappa shape index (κ2) is 15.0. The number of halogens is 1. The van der Waals surface area contributed by atoms with Gasteiger partial charge in [0.1, 0.15) is 6.61 Å². The molecule has 2 N–H and O–H groups in total. The molecule has 0 fully saturated rings. The number of guanidine groups is 1. The van der Waals surface area contributed by atoms with Gasteiger partial charge in [0.15, 0.2) is 17.5 Å². The second-order valence-electron chi connectivity index (χ2n) is 7.68. The molecule has 0 bridgehead atoms. The van der Waals surface area contributed by atoms with Crippen LogP contribution in [-0.2, 0) is 20.1 Å². The number of aliphatic imine (C=N–C) groups is 1. The SMILES string of the molecule is CCNC(=NCc1ccc(OCCN(CC)CC)c(OC)c1)NCc1c(C)nn(C)c1C.I. The Balaban J connectivity index is 0.00000544. The van der Waals surface area contributed by atoms with Crippen molar-refractivity contribution in [3.8, 4) is 11.5 Å². The lowest BCUT2D eigenvalue weighted by Gasteiger charge is -2.19. The van der Waals surface area contributed by atoms with Gasteiger partial charge in [-0.15, -0.1) is 24.0 Å². The molecule has 1 heterocycles. The number of hydrogen-bond acceptors (Lipinski definition) is 5. The Kier molecular flexibility index (Phi) is 13.2. The highest BCUT2D eigenvalue weighted by Gasteiger charge is 2.10. The fourth-order valence-electron chi connectivity index (χ4n) is 3.51. The first-order valence-corrected chi connectivity index (χ1v) is 11.5. The molecule has 0 atom stereocenters. The van der Waals surface area contributed by atoms with Crippen molar-refractivity contribution in [1.29, 1.82) is 0 Å². The molecular formula is C24H41IN6O2. The summed E-state index contributed by atoms with van der Waals surface area (Å²) in [4.78, 5) is 7.07. The lowest BCUT2D eigenvalue weighted by Crippen LogP contribution is -2.37. The van der Waals surface area contributed by atoms with Gasteiger partial charge in [-0.3, -0.25) is 4.68 Å². The average molecular weight is 573 g/mol. The third-order valence-corrected chi connectivity index (χ3v) is 5.64. The largest absolute Gasteiger partial charge is 0.493 e. The van der Waals surface area contributed by atoms with E-state index >= 15 is 0 Å². The van der Waals surface area contributed by atoms with Crippen LogP contribution in [0.25, 0.3) is 0 Å². The number of likely N-dealkylation sites (N-methyl/N-ethyl adjacent to an activating group) is 1. The van der Waals surface area contributed by atoms with Crippen LogP contribution in [0.5, 0.6) is 11.5 Å². The number of hydrogen-bond donors (Lipinski definition) is 2. The van der Waals surface area contributed by atoms with Gasteiger partial charge in [0.25, 0.3) is 0 Å². The van der Waals surface area contributed by atoms with Crippen molar-refractivity contribution >= 4 is 29.9 Å². The van der Waals surface area contributed by atoms with E-state index in [9.17, 15) is 0 Å². The van der Waals surface area contributed by atoms with Crippen molar-refractivity contribution in [1.82, 2.24) is 25.3 Å². The van der Waals surface area contributed by atoms with E-state index in [1.807, 2.05) is 36.9 Å². The molecular weight excluding hydrogens is 531 g/mol. The molecule has 0 aliphatic rings. The molecule has 0 spiro atoms. The summed E-state index contributed by atoms with van der Waals surface area (Å²) in [5, 5.41) is 11.2. The molecule has 0 saturated carbocycles. The van der Waals surface area contributed by atoms with Gasteiger partial charge < -0.3 is 25.0 Å². The van der Waals surface area contributed by atoms with Crippen LogP contribution in [0, 0.1) is 13.8 Å². The molecule has 9 heteroatoms. The molecule has 0 aliphatic carbocycles. The van der Waals surface area contributed by atoms with Crippen molar-refractivity contribution < 1.29 is 9.47 Å². The Morgan fingerprint density at radius 3 is 2.42 bits per heavy atom. The number of aryl methyl sites for hydroxylation is 2. The van der Waals surface area contributed by atoms with Gasteiger partial charge >= 0.3 is 0 Å². The van der Waals surface area contributed by atoms with Crippen molar-refractivity contribution in [3.05, 3.63) is 40.7 Å². The Hall–Kier alpha value is -2.01. The minimum absolute atomic E-state index is 0. The van der Waals surface area contributed by atoms with Gasteiger partial charge in [0.05, 0.1) is 19.3 Å². The summed E-state index contributed by atoms with van der Waals surface area (Å²) in [7, 11) is 3.64. The Morgan fingerprint density at radius 2 is 1.85 bits per heavy atom. The normalized spacial score (nSPS) is 11.3. The summed E-state index contributed by atoms with van der Waals surface area (Å²) in [5.41, 5.74) is 4.46. The minimum atomic E-state index is 0. The van der Waals surface area contributed by atoms with Crippen LogP contribution < -0.4 is 20.1 Å². The van der Waals surface area contributed by atoms with Crippen LogP contribution in [0.4, 0.5) is 0 Å². The van der Waals surface area contributed by atoms with Gasteiger partial charge in [-0.1, -0.05) is 19.9 Å². The van der Waals surface area contributed by atoms with E-state index in [-0.39, 0.29) is 24.0 Å². The van der Waals surface area contributed by atoms with Crippen LogP contribution in [0.3, 0.4) is 0 Å². The zero-order valence-electron chi connectivity index (χ0n) is 21.2. The van der Waals surface area contributed by atoms with Gasteiger partial charge in [-0.2, -0.15) is 5.10 Å². The molecule has 0 unspecified atom stereocenters. The molecule has 8 nitrogen and oxygen atoms in total. The summed E-state index contributed by atoms with van der Waals surface area (Å²) in [5.74, 6) is 2.27. The maximum absolute atomic E-state index is 5.96. The zero-order chi connectivity index (χ0) is 23.5. The molecule has 1 aromatic carbocycles. The third-order valence-electron chi connectivity index (χ3n) is 5.64. The highest BCUT2D eigenvalue weighted by Crippen LogP contribution is 2.28. The van der Waals surface area contributed by atoms with E-state index in [0.29, 0.717) is 19.7 Å². The smallest absolute Gasteiger partial charge is 0.191 e. The molecule has 0 aliphatic heterocycles. The summed E-state index contributed by atoms with van der Waals surface area (Å²) in [6, 6.07) is 6.00. The van der Waals surface area contributed by atoms with Crippen molar-refractivity contribution in [3.63, 3.8) is 0 Å². The molecule has 1 aromatic heterocycles. The van der Waals surface area contributed by atoms with E-state index < -0.39 is 0 Å². The number of aromatic nitrogens is 2. The quantitative estimate of drug-likeness (QED) is 0.230. The van der Waals surface area contributed by atoms with Crippen LogP contribution in [0.2, 0.25) is 0 Å². The topological polar surface area (TPSA) is 75.9 Å². The molecule has 0 amide bonds. The average Bonchev–Trinajstić information content (AvgIpc) is 3.04. The first-order chi connectivity index (χ1) is 15.4. The molecule has 0 radical (unpaired) electrons. The predicted molar refractivity (Wildman–Crippen MR) is 146 cm³/mol. The van der Waals surface area contributed by atoms with Crippen LogP contribution in [-0.4, -0.2) is 60.5 Å². The van der Waals surface area contributed by atoms with Crippen molar-refractivity contribution in [2.24, 2.45) is 12.0 Å². The number of ether oxygens (including phenoxy) is 2. The predicted octanol–water partition coefficient (Wildman–Crippen LogP) is 3.64. The molecule has 2 rings (SSSR count). The van der Waals surface area contributed by atoms with Gasteiger partial charge in [-0.25, -0.2) is 4.99 Å². The maximum Gasteiger partial charge on any atom is 0.191 e. The Labute approximate surface area is 216 Å². The minimum Gasteiger partial charge on any atom is -0.493 e. The summed E-state index contributed by atoms with van der Waals surface area (Å²) in [6.07, 6.45) is 0. The van der Waals surface area contributed by atoms with E-state index in [0.717, 1.165) is 60.6 Å². The van der Waals surface area contributed by atoms with Crippen LogP contribution >= 0.6 is 24.0 Å². The van der Waals surface area contributed by atoms with Gasteiger partial charge in [0, 0.05) is 37.9 Å². The number of methoxy groups -OCH3 is 1. The first kappa shape index (κ1) is 29.0. The maximum atomic E-state index is 5.96. The monoisotopic (exact) mass is 572 g/mol. The van der Waals surface area contributed by atoms with E-state index in [2.05, 4.69) is 48.3 Å². The van der Waals surface area contributed by atoms with E-state index in [1.54, 1.807) is 7.11 Å². The standard InChI is InChI=1S/C24H40N6O2.HI/c1-8-25-24(27-17-21-18(4)28-29(6)19(21)5)26-16-20-11-12-22(23(15-20)31-7)32-14-13-30(9-2)10-3;/h11-12,15H,8-10,13-14,16-17H2,1-7H3,(H2,25,26,27);1H. The second-order valence-corrected chi connectivity index (χ2v) is 7.68. The summed E-state index contributed by atoms with van der Waals surface area (Å²) >= 11 is 0. The molecule has 33 heavy (non-hydrogen) atoms. The number of nitrogens with one attached hydrogen (secondary N) is 2. The molecule has 186 valence electrons. The lowest BCUT2D eigenvalue weighted by molar-refractivity contribution is 0.217. The number of nitrogens with zero attached hydrogens (tertiary/aromatic N) is 4. The third kappa shape index (κ3) is 8.69. The van der Waals surface area contributed by atoms with E-state index in [1.165, 1.54) is 5.56 Å². The molecule has 0 saturated heterocycles. The number of benzene rings is 1. The Bertz CT molecular complexity index is 880. The highest BCUT2D eigenvalue weighted by atomic mass is 127. The fraction of sp³-hybridized carbons (Fsp3) is 0.583. The molecule has 2 aromatic rings. The lowest BCUT2D eigenvalue weighted by atomic mass is 10.2. The van der Waals surface area contributed by atoms with Crippen molar-refractivity contribution in [2.45, 2.75) is 47.7 Å². The van der Waals surface area contributed by atoms with E-state index in [4.69, 9.17) is 14.5 Å². The van der Waals surface area contributed by atoms with Gasteiger partial charge in [0.2, 0.25) is 0 Å². The number of rotatable bonds is 12. The van der Waals surface area contributed by atoms with Gasteiger partial charge in [-0.05, 0) is 51.6 Å². The fourth-order valence-corrected chi connectivity index (χ4v) is 3.51. The first-order valence-electron chi connectivity index (χ1n) is 11.5. The van der Waals surface area contributed by atoms with Crippen LogP contribution in [0.15, 0.2) is 23.2 Å². The summed E-state index contributed by atoms with van der Waals surface area (Å²) < 4.78 is 13.4. The van der Waals surface area contributed by atoms with Crippen molar-refractivity contribution in [2.75, 3.05) is 39.9 Å². The zero-order valence-corrected chi connectivity index (χ0v) is 23.5. The Morgan fingerprint density at radius 1 is 1.12 bits per heavy atom. The summed E-state index contributed by atoms with van der Waals surface area (Å²) in [6.45, 7) is 16.1.